The Hall–Kier alpha value is -1.92. The molecular weight excluding hydrogens is 334 g/mol. The first kappa shape index (κ1) is 16.5. The van der Waals surface area contributed by atoms with Gasteiger partial charge in [-0.05, 0) is 30.4 Å². The van der Waals surface area contributed by atoms with Crippen molar-refractivity contribution in [1.82, 2.24) is 15.5 Å². The lowest BCUT2D eigenvalue weighted by molar-refractivity contribution is -0.147. The van der Waals surface area contributed by atoms with Gasteiger partial charge in [-0.1, -0.05) is 31.5 Å². The SMILES string of the molecule is CCC[C@@H]1NC(=O)[C@@H]2C[C@H](NCc3cc4ccccc4s3)CN2C1=O. The lowest BCUT2D eigenvalue weighted by Gasteiger charge is -2.34. The number of hydrogen-bond donors (Lipinski definition) is 2. The molecule has 0 radical (unpaired) electrons. The normalized spacial score (nSPS) is 26.1. The van der Waals surface area contributed by atoms with Crippen molar-refractivity contribution < 1.29 is 9.59 Å². The van der Waals surface area contributed by atoms with Gasteiger partial charge in [-0.25, -0.2) is 0 Å². The van der Waals surface area contributed by atoms with Crippen LogP contribution in [0.5, 0.6) is 0 Å². The van der Waals surface area contributed by atoms with Crippen LogP contribution < -0.4 is 10.6 Å². The lowest BCUT2D eigenvalue weighted by Crippen LogP contribution is -2.61. The van der Waals surface area contributed by atoms with Crippen molar-refractivity contribution in [2.45, 2.75) is 50.9 Å². The molecule has 5 nitrogen and oxygen atoms in total. The van der Waals surface area contributed by atoms with Crippen molar-refractivity contribution in [3.05, 3.63) is 35.2 Å². The fraction of sp³-hybridized carbons (Fsp3) is 0.474. The van der Waals surface area contributed by atoms with Gasteiger partial charge in [-0.15, -0.1) is 11.3 Å². The topological polar surface area (TPSA) is 61.4 Å². The molecule has 6 heteroatoms. The van der Waals surface area contributed by atoms with Crippen molar-refractivity contribution in [3.8, 4) is 0 Å². The summed E-state index contributed by atoms with van der Waals surface area (Å²) in [5.74, 6) is 0.0850. The first-order valence-electron chi connectivity index (χ1n) is 8.97. The number of thiophene rings is 1. The maximum atomic E-state index is 12.6. The van der Waals surface area contributed by atoms with Crippen LogP contribution in [0.25, 0.3) is 10.1 Å². The van der Waals surface area contributed by atoms with E-state index in [4.69, 9.17) is 0 Å². The van der Waals surface area contributed by atoms with E-state index >= 15 is 0 Å². The molecule has 25 heavy (non-hydrogen) atoms. The van der Waals surface area contributed by atoms with Crippen molar-refractivity contribution in [3.63, 3.8) is 0 Å². The first-order chi connectivity index (χ1) is 12.2. The minimum absolute atomic E-state index is 0.00390. The summed E-state index contributed by atoms with van der Waals surface area (Å²) in [5, 5.41) is 7.70. The molecule has 4 rings (SSSR count). The van der Waals surface area contributed by atoms with Crippen LogP contribution >= 0.6 is 11.3 Å². The summed E-state index contributed by atoms with van der Waals surface area (Å²) in [5.41, 5.74) is 0. The zero-order chi connectivity index (χ0) is 17.4. The van der Waals surface area contributed by atoms with Gasteiger partial charge < -0.3 is 15.5 Å². The van der Waals surface area contributed by atoms with Gasteiger partial charge in [0.15, 0.2) is 0 Å². The third-order valence-corrected chi connectivity index (χ3v) is 6.24. The van der Waals surface area contributed by atoms with Crippen LogP contribution in [0.2, 0.25) is 0 Å². The van der Waals surface area contributed by atoms with E-state index < -0.39 is 0 Å². The summed E-state index contributed by atoms with van der Waals surface area (Å²) in [7, 11) is 0. The van der Waals surface area contributed by atoms with E-state index in [9.17, 15) is 9.59 Å². The van der Waals surface area contributed by atoms with Gasteiger partial charge in [0.25, 0.3) is 0 Å². The summed E-state index contributed by atoms with van der Waals surface area (Å²) in [6.07, 6.45) is 2.30. The number of hydrogen-bond acceptors (Lipinski definition) is 4. The number of nitrogens with zero attached hydrogens (tertiary/aromatic N) is 1. The summed E-state index contributed by atoms with van der Waals surface area (Å²) in [4.78, 5) is 27.9. The highest BCUT2D eigenvalue weighted by Crippen LogP contribution is 2.27. The molecule has 2 amide bonds. The Bertz CT molecular complexity index is 770. The third-order valence-electron chi connectivity index (χ3n) is 5.12. The predicted octanol–water partition coefficient (Wildman–Crippen LogP) is 2.26. The highest BCUT2D eigenvalue weighted by Gasteiger charge is 2.45. The zero-order valence-corrected chi connectivity index (χ0v) is 15.1. The minimum atomic E-state index is -0.338. The van der Waals surface area contributed by atoms with E-state index in [-0.39, 0.29) is 29.9 Å². The zero-order valence-electron chi connectivity index (χ0n) is 14.3. The first-order valence-corrected chi connectivity index (χ1v) is 9.79. The fourth-order valence-corrected chi connectivity index (χ4v) is 4.87. The summed E-state index contributed by atoms with van der Waals surface area (Å²) >= 11 is 1.79. The van der Waals surface area contributed by atoms with Crippen molar-refractivity contribution in [2.75, 3.05) is 6.54 Å². The Morgan fingerprint density at radius 2 is 2.16 bits per heavy atom. The van der Waals surface area contributed by atoms with Gasteiger partial charge >= 0.3 is 0 Å². The van der Waals surface area contributed by atoms with Gasteiger partial charge in [0.05, 0.1) is 0 Å². The van der Waals surface area contributed by atoms with Gasteiger partial charge in [0, 0.05) is 28.7 Å². The maximum Gasteiger partial charge on any atom is 0.245 e. The summed E-state index contributed by atoms with van der Waals surface area (Å²) < 4.78 is 1.29. The molecule has 0 spiro atoms. The Labute approximate surface area is 151 Å². The average molecular weight is 357 g/mol. The molecule has 3 atom stereocenters. The Kier molecular flexibility index (Phi) is 4.48. The van der Waals surface area contributed by atoms with Crippen LogP contribution in [0.3, 0.4) is 0 Å². The molecular formula is C19H23N3O2S. The summed E-state index contributed by atoms with van der Waals surface area (Å²) in [6, 6.07) is 10.1. The molecule has 2 aliphatic heterocycles. The van der Waals surface area contributed by atoms with Crippen LogP contribution in [0, 0.1) is 0 Å². The second-order valence-corrected chi connectivity index (χ2v) is 8.09. The quantitative estimate of drug-likeness (QED) is 0.863. The Morgan fingerprint density at radius 3 is 2.96 bits per heavy atom. The Balaban J connectivity index is 1.40. The predicted molar refractivity (Wildman–Crippen MR) is 99.4 cm³/mol. The molecule has 2 aromatic rings. The molecule has 1 aromatic carbocycles. The lowest BCUT2D eigenvalue weighted by atomic mass is 10.0. The highest BCUT2D eigenvalue weighted by molar-refractivity contribution is 7.19. The third kappa shape index (κ3) is 3.16. The van der Waals surface area contributed by atoms with Crippen molar-refractivity contribution in [1.29, 1.82) is 0 Å². The number of carbonyl (C=O) groups excluding carboxylic acids is 2. The molecule has 2 fully saturated rings. The van der Waals surface area contributed by atoms with Crippen molar-refractivity contribution >= 4 is 33.2 Å². The smallest absolute Gasteiger partial charge is 0.245 e. The monoisotopic (exact) mass is 357 g/mol. The second kappa shape index (κ2) is 6.77. The van der Waals surface area contributed by atoms with Crippen LogP contribution in [0.4, 0.5) is 0 Å². The molecule has 0 bridgehead atoms. The molecule has 3 heterocycles. The molecule has 132 valence electrons. The molecule has 0 aliphatic carbocycles. The second-order valence-electron chi connectivity index (χ2n) is 6.92. The number of benzene rings is 1. The van der Waals surface area contributed by atoms with Gasteiger partial charge in [-0.3, -0.25) is 9.59 Å². The van der Waals surface area contributed by atoms with E-state index in [2.05, 4.69) is 41.0 Å². The van der Waals surface area contributed by atoms with Crippen LogP contribution in [0.15, 0.2) is 30.3 Å². The fourth-order valence-electron chi connectivity index (χ4n) is 3.86. The molecule has 0 saturated carbocycles. The standard InChI is InChI=1S/C19H23N3O2S/c1-2-5-15-19(24)22-11-13(9-16(22)18(23)21-15)20-10-14-8-12-6-3-4-7-17(12)25-14/h3-4,6-8,13,15-16,20H,2,5,9-11H2,1H3,(H,21,23)/t13-,15-,16-/m0/s1. The number of fused-ring (bicyclic) bond motifs is 2. The minimum Gasteiger partial charge on any atom is -0.343 e. The van der Waals surface area contributed by atoms with E-state index in [1.807, 2.05) is 6.92 Å². The van der Waals surface area contributed by atoms with E-state index in [1.54, 1.807) is 16.2 Å². The number of carbonyl (C=O) groups is 2. The maximum absolute atomic E-state index is 12.6. The van der Waals surface area contributed by atoms with Gasteiger partial charge in [0.1, 0.15) is 12.1 Å². The largest absolute Gasteiger partial charge is 0.343 e. The van der Waals surface area contributed by atoms with Crippen LogP contribution in [-0.2, 0) is 16.1 Å². The van der Waals surface area contributed by atoms with Crippen LogP contribution in [0.1, 0.15) is 31.1 Å². The number of rotatable bonds is 5. The van der Waals surface area contributed by atoms with Crippen LogP contribution in [-0.4, -0.2) is 41.4 Å². The summed E-state index contributed by atoms with van der Waals surface area (Å²) in [6.45, 7) is 3.44. The average Bonchev–Trinajstić information content (AvgIpc) is 3.22. The number of piperazine rings is 1. The Morgan fingerprint density at radius 1 is 1.32 bits per heavy atom. The van der Waals surface area contributed by atoms with Gasteiger partial charge in [0.2, 0.25) is 11.8 Å². The van der Waals surface area contributed by atoms with E-state index in [0.717, 1.165) is 13.0 Å². The van der Waals surface area contributed by atoms with E-state index in [1.165, 1.54) is 15.0 Å². The van der Waals surface area contributed by atoms with Gasteiger partial charge in [-0.2, -0.15) is 0 Å². The number of nitrogens with one attached hydrogen (secondary N) is 2. The molecule has 2 N–H and O–H groups in total. The number of amides is 2. The van der Waals surface area contributed by atoms with Crippen molar-refractivity contribution in [2.24, 2.45) is 0 Å². The van der Waals surface area contributed by atoms with E-state index in [0.29, 0.717) is 19.4 Å². The molecule has 2 saturated heterocycles. The highest BCUT2D eigenvalue weighted by atomic mass is 32.1. The molecule has 2 aliphatic rings. The molecule has 1 aromatic heterocycles. The molecule has 0 unspecified atom stereocenters.